The van der Waals surface area contributed by atoms with Gasteiger partial charge in [0.2, 0.25) is 0 Å². The van der Waals surface area contributed by atoms with Gasteiger partial charge >= 0.3 is 11.9 Å². The van der Waals surface area contributed by atoms with Crippen LogP contribution in [0.15, 0.2) is 80.1 Å². The van der Waals surface area contributed by atoms with Gasteiger partial charge in [0, 0.05) is 17.2 Å². The van der Waals surface area contributed by atoms with Crippen molar-refractivity contribution in [3.63, 3.8) is 0 Å². The maximum Gasteiger partial charge on any atom is 0.338 e. The number of thiazole rings is 1. The number of methoxy groups -OCH3 is 1. The van der Waals surface area contributed by atoms with Crippen molar-refractivity contribution < 1.29 is 28.2 Å². The van der Waals surface area contributed by atoms with Crippen molar-refractivity contribution in [2.24, 2.45) is 4.99 Å². The number of hydrogen-bond donors (Lipinski definition) is 0. The number of para-hydroxylation sites is 1. The van der Waals surface area contributed by atoms with Crippen LogP contribution < -0.4 is 19.6 Å². The van der Waals surface area contributed by atoms with E-state index in [9.17, 15) is 14.4 Å². The summed E-state index contributed by atoms with van der Waals surface area (Å²) < 4.78 is 24.4. The summed E-state index contributed by atoms with van der Waals surface area (Å²) in [5, 5.41) is 0. The number of carbonyl (C=O) groups is 2. The zero-order valence-electron chi connectivity index (χ0n) is 24.8. The van der Waals surface area contributed by atoms with E-state index in [0.29, 0.717) is 43.4 Å². The van der Waals surface area contributed by atoms with E-state index in [1.165, 1.54) is 23.0 Å². The van der Waals surface area contributed by atoms with Crippen molar-refractivity contribution in [2.45, 2.75) is 46.8 Å². The van der Waals surface area contributed by atoms with Gasteiger partial charge in [0.1, 0.15) is 23.3 Å². The molecule has 1 atom stereocenters. The number of fused-ring (bicyclic) bond motifs is 1. The normalized spacial score (nSPS) is 14.9. The molecule has 43 heavy (non-hydrogen) atoms. The van der Waals surface area contributed by atoms with Crippen LogP contribution in [0.4, 0.5) is 0 Å². The van der Waals surface area contributed by atoms with E-state index in [-0.39, 0.29) is 23.8 Å². The lowest BCUT2D eigenvalue weighted by Crippen LogP contribution is -2.40. The van der Waals surface area contributed by atoms with E-state index in [4.69, 9.17) is 18.6 Å². The molecule has 0 radical (unpaired) electrons. The lowest BCUT2D eigenvalue weighted by atomic mass is 9.95. The molecule has 2 aromatic heterocycles. The van der Waals surface area contributed by atoms with Crippen LogP contribution in [0.25, 0.3) is 17.4 Å². The smallest absolute Gasteiger partial charge is 0.338 e. The summed E-state index contributed by atoms with van der Waals surface area (Å²) in [5.74, 6) is 0.572. The molecule has 10 heteroatoms. The Morgan fingerprint density at radius 2 is 1.86 bits per heavy atom. The monoisotopic (exact) mass is 600 g/mol. The van der Waals surface area contributed by atoms with Crippen molar-refractivity contribution in [3.8, 4) is 17.1 Å². The molecule has 4 aromatic rings. The first-order valence-electron chi connectivity index (χ1n) is 13.9. The summed E-state index contributed by atoms with van der Waals surface area (Å²) in [7, 11) is 1.33. The van der Waals surface area contributed by atoms with Crippen LogP contribution in [-0.4, -0.2) is 36.3 Å². The third-order valence-electron chi connectivity index (χ3n) is 6.92. The molecule has 0 aliphatic carbocycles. The number of hydrogen-bond acceptors (Lipinski definition) is 9. The molecule has 0 saturated heterocycles. The van der Waals surface area contributed by atoms with E-state index < -0.39 is 18.0 Å². The molecular weight excluding hydrogens is 568 g/mol. The maximum atomic E-state index is 14.0. The summed E-state index contributed by atoms with van der Waals surface area (Å²) in [4.78, 5) is 44.4. The van der Waals surface area contributed by atoms with Crippen molar-refractivity contribution in [1.29, 1.82) is 0 Å². The van der Waals surface area contributed by atoms with Gasteiger partial charge in [0.15, 0.2) is 4.80 Å². The van der Waals surface area contributed by atoms with Crippen LogP contribution in [0, 0.1) is 6.92 Å². The van der Waals surface area contributed by atoms with Crippen molar-refractivity contribution in [3.05, 3.63) is 108 Å². The van der Waals surface area contributed by atoms with Gasteiger partial charge in [0.25, 0.3) is 5.56 Å². The highest BCUT2D eigenvalue weighted by atomic mass is 32.1. The van der Waals surface area contributed by atoms with Crippen LogP contribution in [-0.2, 0) is 14.3 Å². The molecule has 0 unspecified atom stereocenters. The number of carbonyl (C=O) groups excluding carboxylic acids is 2. The predicted octanol–water partition coefficient (Wildman–Crippen LogP) is 4.94. The van der Waals surface area contributed by atoms with E-state index in [1.54, 1.807) is 44.2 Å². The Labute approximate surface area is 252 Å². The summed E-state index contributed by atoms with van der Waals surface area (Å²) in [6, 6.07) is 15.4. The molecule has 0 spiro atoms. The van der Waals surface area contributed by atoms with Crippen molar-refractivity contribution in [2.75, 3.05) is 13.7 Å². The summed E-state index contributed by atoms with van der Waals surface area (Å²) >= 11 is 1.20. The number of aromatic nitrogens is 1. The average molecular weight is 601 g/mol. The summed E-state index contributed by atoms with van der Waals surface area (Å²) in [6.45, 7) is 9.41. The number of allylic oxidation sites excluding steroid dienone is 1. The topological polar surface area (TPSA) is 109 Å². The minimum atomic E-state index is -0.803. The van der Waals surface area contributed by atoms with Crippen molar-refractivity contribution in [1.82, 2.24) is 4.57 Å². The largest absolute Gasteiger partial charge is 0.491 e. The number of esters is 2. The highest BCUT2D eigenvalue weighted by Crippen LogP contribution is 2.36. The molecule has 222 valence electrons. The minimum absolute atomic E-state index is 0.127. The molecule has 0 fully saturated rings. The van der Waals surface area contributed by atoms with Crippen molar-refractivity contribution >= 4 is 29.4 Å². The van der Waals surface area contributed by atoms with E-state index in [2.05, 4.69) is 4.99 Å². The Kier molecular flexibility index (Phi) is 8.50. The molecular formula is C33H32N2O7S. The molecule has 0 saturated carbocycles. The fourth-order valence-corrected chi connectivity index (χ4v) is 6.02. The zero-order valence-corrected chi connectivity index (χ0v) is 25.6. The quantitative estimate of drug-likeness (QED) is 0.264. The number of furan rings is 1. The van der Waals surface area contributed by atoms with E-state index in [0.717, 1.165) is 11.1 Å². The number of ether oxygens (including phenoxy) is 3. The maximum absolute atomic E-state index is 14.0. The zero-order chi connectivity index (χ0) is 30.8. The average Bonchev–Trinajstić information content (AvgIpc) is 3.56. The van der Waals surface area contributed by atoms with Crippen LogP contribution in [0.3, 0.4) is 0 Å². The number of rotatable bonds is 8. The molecule has 2 aromatic carbocycles. The van der Waals surface area contributed by atoms with Gasteiger partial charge in [-0.05, 0) is 70.5 Å². The van der Waals surface area contributed by atoms with Gasteiger partial charge in [-0.3, -0.25) is 9.36 Å². The second-order valence-corrected chi connectivity index (χ2v) is 11.2. The van der Waals surface area contributed by atoms with Crippen LogP contribution in [0.5, 0.6) is 5.75 Å². The van der Waals surface area contributed by atoms with Gasteiger partial charge in [-0.1, -0.05) is 35.6 Å². The van der Waals surface area contributed by atoms with Gasteiger partial charge in [-0.2, -0.15) is 0 Å². The predicted molar refractivity (Wildman–Crippen MR) is 163 cm³/mol. The second-order valence-electron chi connectivity index (χ2n) is 10.2. The minimum Gasteiger partial charge on any atom is -0.491 e. The molecule has 1 aliphatic heterocycles. The molecule has 1 aliphatic rings. The third kappa shape index (κ3) is 5.83. The number of aryl methyl sites for hydroxylation is 1. The Morgan fingerprint density at radius 3 is 2.58 bits per heavy atom. The van der Waals surface area contributed by atoms with E-state index >= 15 is 0 Å². The molecule has 0 amide bonds. The molecule has 0 bridgehead atoms. The lowest BCUT2D eigenvalue weighted by Gasteiger charge is -2.26. The van der Waals surface area contributed by atoms with E-state index in [1.807, 2.05) is 51.1 Å². The number of benzene rings is 2. The van der Waals surface area contributed by atoms with Gasteiger partial charge < -0.3 is 18.6 Å². The van der Waals surface area contributed by atoms with Gasteiger partial charge in [-0.15, -0.1) is 0 Å². The summed E-state index contributed by atoms with van der Waals surface area (Å²) in [5.41, 5.74) is 3.13. The van der Waals surface area contributed by atoms with Gasteiger partial charge in [0.05, 0.1) is 41.2 Å². The fourth-order valence-electron chi connectivity index (χ4n) is 4.99. The lowest BCUT2D eigenvalue weighted by molar-refractivity contribution is -0.139. The first kappa shape index (κ1) is 29.8. The highest BCUT2D eigenvalue weighted by molar-refractivity contribution is 7.07. The standard InChI is InChI=1S/C33H32N2O7S/c1-7-40-32(38)28-20(5)34-33-35(29(28)23-10-8-9-11-25(23)41-18(2)3)30(36)27(43-33)17-22-14-15-26(42-22)24-16-21(31(37)39-6)13-12-19(24)4/h8-18,29H,7H2,1-6H3/b27-17+/t29-/m0/s1. The summed E-state index contributed by atoms with van der Waals surface area (Å²) in [6.07, 6.45) is 1.53. The Hall–Kier alpha value is -4.70. The molecule has 3 heterocycles. The Balaban J connectivity index is 1.64. The van der Waals surface area contributed by atoms with Crippen LogP contribution in [0.1, 0.15) is 61.0 Å². The molecule has 5 rings (SSSR count). The number of nitrogens with zero attached hydrogens (tertiary/aromatic N) is 2. The SMILES string of the molecule is CCOC(=O)C1=C(C)N=c2s/c(=C/c3ccc(-c4cc(C(=O)OC)ccc4C)o3)c(=O)n2[C@H]1c1ccccc1OC(C)C. The second kappa shape index (κ2) is 12.3. The Bertz CT molecular complexity index is 1930. The first-order chi connectivity index (χ1) is 20.6. The molecule has 9 nitrogen and oxygen atoms in total. The Morgan fingerprint density at radius 1 is 1.09 bits per heavy atom. The van der Waals surface area contributed by atoms with Crippen LogP contribution in [0.2, 0.25) is 0 Å². The molecule has 0 N–H and O–H groups in total. The highest BCUT2D eigenvalue weighted by Gasteiger charge is 2.35. The first-order valence-corrected chi connectivity index (χ1v) is 14.7. The van der Waals surface area contributed by atoms with Crippen LogP contribution >= 0.6 is 11.3 Å². The third-order valence-corrected chi connectivity index (χ3v) is 7.90. The van der Waals surface area contributed by atoms with Gasteiger partial charge in [-0.25, -0.2) is 14.6 Å². The fraction of sp³-hybridized carbons (Fsp3) is 0.273.